The molecule has 1 N–H and O–H groups in total. The number of hydrogen-bond donors (Lipinski definition) is 1. The third-order valence-corrected chi connectivity index (χ3v) is 6.43. The fourth-order valence-electron chi connectivity index (χ4n) is 3.21. The first kappa shape index (κ1) is 26.1. The Balaban J connectivity index is 2.07. The number of hydrogen-bond acceptors (Lipinski definition) is 5. The molecule has 188 valence electrons. The van der Waals surface area contributed by atoms with Crippen molar-refractivity contribution < 1.29 is 49.4 Å². The predicted molar refractivity (Wildman–Crippen MR) is 109 cm³/mol. The summed E-state index contributed by atoms with van der Waals surface area (Å²) >= 11 is 0. The molecule has 1 heterocycles. The minimum Gasteiger partial charge on any atom is -0.497 e. The first-order valence-corrected chi connectivity index (χ1v) is 11.2. The average molecular weight is 522 g/mol. The van der Waals surface area contributed by atoms with E-state index in [1.54, 1.807) is 0 Å². The van der Waals surface area contributed by atoms with Gasteiger partial charge in [0.2, 0.25) is 15.0 Å². The number of carboxylic acid groups (broad SMARTS) is 1. The van der Waals surface area contributed by atoms with Crippen LogP contribution < -0.4 is 4.74 Å². The summed E-state index contributed by atoms with van der Waals surface area (Å²) in [5, 5.41) is 8.37. The maximum absolute atomic E-state index is 13.5. The summed E-state index contributed by atoms with van der Waals surface area (Å²) in [5.41, 5.74) is -4.41. The van der Waals surface area contributed by atoms with Crippen molar-refractivity contribution in [2.45, 2.75) is 29.8 Å². The fourth-order valence-corrected chi connectivity index (χ4v) is 4.68. The van der Waals surface area contributed by atoms with E-state index in [2.05, 4.69) is 4.98 Å². The lowest BCUT2D eigenvalue weighted by molar-refractivity contribution is -0.143. The zero-order valence-corrected chi connectivity index (χ0v) is 18.5. The van der Waals surface area contributed by atoms with Gasteiger partial charge >= 0.3 is 18.3 Å². The topological polar surface area (TPSA) is 98.5 Å². The number of sulfone groups is 1. The summed E-state index contributed by atoms with van der Waals surface area (Å²) in [4.78, 5) is 14.9. The van der Waals surface area contributed by atoms with Crippen LogP contribution in [0.4, 0.5) is 26.3 Å². The normalized spacial score (nSPS) is 12.5. The zero-order valence-electron chi connectivity index (χ0n) is 17.7. The summed E-state index contributed by atoms with van der Waals surface area (Å²) in [6.07, 6.45) is -9.53. The van der Waals surface area contributed by atoms with E-state index in [0.717, 1.165) is 0 Å². The summed E-state index contributed by atoms with van der Waals surface area (Å²) in [6, 6.07) is 6.67. The Morgan fingerprint density at radius 3 is 2.17 bits per heavy atom. The lowest BCUT2D eigenvalue weighted by atomic mass is 10.0. The van der Waals surface area contributed by atoms with E-state index >= 15 is 0 Å². The summed E-state index contributed by atoms with van der Waals surface area (Å²) in [5.74, 6) is -1.89. The maximum atomic E-state index is 13.5. The maximum Gasteiger partial charge on any atom is 0.416 e. The zero-order chi connectivity index (χ0) is 26.2. The first-order valence-electron chi connectivity index (χ1n) is 9.55. The largest absolute Gasteiger partial charge is 0.497 e. The highest BCUT2D eigenvalue weighted by Gasteiger charge is 2.38. The molecule has 1 aromatic heterocycles. The van der Waals surface area contributed by atoms with Gasteiger partial charge in [0.15, 0.2) is 5.69 Å². The molecule has 0 amide bonds. The number of nitrogens with zero attached hydrogens (tertiary/aromatic N) is 2. The van der Waals surface area contributed by atoms with Crippen LogP contribution in [0.25, 0.3) is 0 Å². The first-order chi connectivity index (χ1) is 16.1. The third kappa shape index (κ3) is 5.93. The van der Waals surface area contributed by atoms with Gasteiger partial charge in [-0.2, -0.15) is 26.3 Å². The van der Waals surface area contributed by atoms with Crippen LogP contribution >= 0.6 is 0 Å². The Labute approximate surface area is 194 Å². The average Bonchev–Trinajstić information content (AvgIpc) is 3.18. The quantitative estimate of drug-likeness (QED) is 0.454. The number of methoxy groups -OCH3 is 1. The molecule has 3 rings (SSSR count). The van der Waals surface area contributed by atoms with Crippen molar-refractivity contribution >= 4 is 15.8 Å². The Kier molecular flexibility index (Phi) is 6.88. The highest BCUT2D eigenvalue weighted by Crippen LogP contribution is 2.38. The van der Waals surface area contributed by atoms with Crippen molar-refractivity contribution in [2.24, 2.45) is 0 Å². The number of alkyl halides is 6. The van der Waals surface area contributed by atoms with Gasteiger partial charge in [-0.05, 0) is 35.4 Å². The van der Waals surface area contributed by atoms with Gasteiger partial charge in [-0.3, -0.25) is 0 Å². The Morgan fingerprint density at radius 2 is 1.66 bits per heavy atom. The molecule has 0 saturated carbocycles. The molecule has 2 aromatic carbocycles. The van der Waals surface area contributed by atoms with Crippen LogP contribution in [0.15, 0.2) is 53.8 Å². The second kappa shape index (κ2) is 9.24. The molecule has 0 aliphatic heterocycles. The van der Waals surface area contributed by atoms with E-state index < -0.39 is 68.0 Å². The van der Waals surface area contributed by atoms with Crippen LogP contribution in [0.3, 0.4) is 0 Å². The van der Waals surface area contributed by atoms with Crippen LogP contribution in [0, 0.1) is 0 Å². The second-order valence-electron chi connectivity index (χ2n) is 7.32. The monoisotopic (exact) mass is 522 g/mol. The summed E-state index contributed by atoms with van der Waals surface area (Å²) in [7, 11) is -2.99. The number of aromatic nitrogens is 2. The number of rotatable bonds is 7. The SMILES string of the molecule is COc1ccc(CS(=O)(=O)c2nc(C(=O)O)cn2Cc2ccc(C(F)(F)F)cc2C(F)(F)F)cc1. The number of ether oxygens (including phenoxy) is 1. The molecule has 0 aliphatic carbocycles. The minimum absolute atomic E-state index is 0.0874. The van der Waals surface area contributed by atoms with E-state index in [4.69, 9.17) is 4.74 Å². The predicted octanol–water partition coefficient (Wildman–Crippen LogP) is 4.65. The number of halogens is 6. The number of carboxylic acids is 1. The van der Waals surface area contributed by atoms with Crippen molar-refractivity contribution in [3.05, 3.63) is 76.6 Å². The fraction of sp³-hybridized carbons (Fsp3) is 0.238. The molecule has 3 aromatic rings. The molecule has 0 unspecified atom stereocenters. The lowest BCUT2D eigenvalue weighted by Crippen LogP contribution is -2.17. The van der Waals surface area contributed by atoms with Crippen LogP contribution in [0.1, 0.15) is 32.7 Å². The van der Waals surface area contributed by atoms with E-state index in [-0.39, 0.29) is 11.6 Å². The summed E-state index contributed by atoms with van der Waals surface area (Å²) in [6.45, 7) is -0.898. The molecule has 7 nitrogen and oxygen atoms in total. The van der Waals surface area contributed by atoms with Gasteiger partial charge in [0.1, 0.15) is 5.75 Å². The molecule has 0 saturated heterocycles. The molecule has 0 spiro atoms. The third-order valence-electron chi connectivity index (χ3n) is 4.84. The van der Waals surface area contributed by atoms with Crippen LogP contribution in [0.2, 0.25) is 0 Å². The van der Waals surface area contributed by atoms with Crippen molar-refractivity contribution in [1.29, 1.82) is 0 Å². The Hall–Kier alpha value is -3.55. The summed E-state index contributed by atoms with van der Waals surface area (Å²) < 4.78 is 111. The standard InChI is InChI=1S/C21H16F6N2O5S/c1-34-15-6-2-12(3-7-15)11-35(32,33)19-28-17(18(30)31)10-29(19)9-13-4-5-14(20(22,23)24)8-16(13)21(25,26)27/h2-8,10H,9,11H2,1H3,(H,30,31). The van der Waals surface area contributed by atoms with Crippen molar-refractivity contribution in [3.8, 4) is 5.75 Å². The molecule has 0 bridgehead atoms. The van der Waals surface area contributed by atoms with Gasteiger partial charge in [0, 0.05) is 6.20 Å². The van der Waals surface area contributed by atoms with E-state index in [1.165, 1.54) is 31.4 Å². The van der Waals surface area contributed by atoms with E-state index in [1.807, 2.05) is 0 Å². The van der Waals surface area contributed by atoms with Gasteiger partial charge in [-0.15, -0.1) is 0 Å². The Morgan fingerprint density at radius 1 is 1.03 bits per heavy atom. The van der Waals surface area contributed by atoms with Gasteiger partial charge < -0.3 is 14.4 Å². The highest BCUT2D eigenvalue weighted by molar-refractivity contribution is 7.90. The van der Waals surface area contributed by atoms with Crippen LogP contribution in [-0.2, 0) is 34.5 Å². The van der Waals surface area contributed by atoms with Crippen LogP contribution in [-0.4, -0.2) is 36.2 Å². The molecular formula is C21H16F6N2O5S. The van der Waals surface area contributed by atoms with Crippen molar-refractivity contribution in [2.75, 3.05) is 7.11 Å². The molecule has 0 fully saturated rings. The van der Waals surface area contributed by atoms with Crippen LogP contribution in [0.5, 0.6) is 5.75 Å². The Bertz CT molecular complexity index is 1350. The van der Waals surface area contributed by atoms with Crippen molar-refractivity contribution in [1.82, 2.24) is 9.55 Å². The minimum atomic E-state index is -5.20. The molecule has 0 atom stereocenters. The number of benzene rings is 2. The molecule has 14 heteroatoms. The van der Waals surface area contributed by atoms with Crippen molar-refractivity contribution in [3.63, 3.8) is 0 Å². The highest BCUT2D eigenvalue weighted by atomic mass is 32.2. The number of aromatic carboxylic acids is 1. The second-order valence-corrected chi connectivity index (χ2v) is 9.20. The lowest BCUT2D eigenvalue weighted by Gasteiger charge is -2.17. The van der Waals surface area contributed by atoms with E-state index in [9.17, 15) is 44.7 Å². The van der Waals surface area contributed by atoms with E-state index in [0.29, 0.717) is 28.6 Å². The van der Waals surface area contributed by atoms with Gasteiger partial charge in [0.25, 0.3) is 0 Å². The van der Waals surface area contributed by atoms with Gasteiger partial charge in [0.05, 0.1) is 30.5 Å². The molecule has 0 radical (unpaired) electrons. The number of imidazole rings is 1. The molecule has 0 aliphatic rings. The molecule has 35 heavy (non-hydrogen) atoms. The molecular weight excluding hydrogens is 506 g/mol. The van der Waals surface area contributed by atoms with Gasteiger partial charge in [-0.1, -0.05) is 18.2 Å². The number of carbonyl (C=O) groups is 1. The van der Waals surface area contributed by atoms with Gasteiger partial charge in [-0.25, -0.2) is 18.2 Å². The smallest absolute Gasteiger partial charge is 0.416 e.